The second-order valence-corrected chi connectivity index (χ2v) is 21.3. The lowest BCUT2D eigenvalue weighted by atomic mass is 9.76. The van der Waals surface area contributed by atoms with Gasteiger partial charge in [0.05, 0.1) is 15.2 Å². The van der Waals surface area contributed by atoms with E-state index in [4.69, 9.17) is 0 Å². The first-order valence-corrected chi connectivity index (χ1v) is 15.7. The SMILES string of the molecule is CC(C)[C@@H]1CC[C@@H](C)C[C@H]1[P@]1(=O)[C@@H]([Si](C)(C)C(C)C)C(C)(C)C1(C)C. The van der Waals surface area contributed by atoms with E-state index in [1.807, 2.05) is 0 Å². The molecular formula is C22H45OPSi. The van der Waals surface area contributed by atoms with Gasteiger partial charge >= 0.3 is 0 Å². The molecule has 0 N–H and O–H groups in total. The zero-order chi connectivity index (χ0) is 19.6. The molecule has 0 amide bonds. The quantitative estimate of drug-likeness (QED) is 0.359. The summed E-state index contributed by atoms with van der Waals surface area (Å²) in [6.07, 6.45) is 3.83. The van der Waals surface area contributed by atoms with Crippen molar-refractivity contribution >= 4 is 15.2 Å². The minimum absolute atomic E-state index is 0.0152. The van der Waals surface area contributed by atoms with Crippen molar-refractivity contribution < 1.29 is 4.57 Å². The van der Waals surface area contributed by atoms with Gasteiger partial charge in [-0.2, -0.15) is 0 Å². The molecule has 1 aliphatic carbocycles. The lowest BCUT2D eigenvalue weighted by Crippen LogP contribution is -2.71. The summed E-state index contributed by atoms with van der Waals surface area (Å²) in [6, 6.07) is 0. The molecular weight excluding hydrogens is 339 g/mol. The minimum Gasteiger partial charge on any atom is -0.323 e. The zero-order valence-corrected chi connectivity index (χ0v) is 20.8. The first kappa shape index (κ1) is 21.7. The third-order valence-electron chi connectivity index (χ3n) is 9.19. The second kappa shape index (κ2) is 6.51. The van der Waals surface area contributed by atoms with Crippen LogP contribution >= 0.6 is 7.14 Å². The Morgan fingerprint density at radius 3 is 1.96 bits per heavy atom. The zero-order valence-electron chi connectivity index (χ0n) is 18.9. The van der Waals surface area contributed by atoms with Crippen molar-refractivity contribution in [3.8, 4) is 0 Å². The molecule has 5 atom stereocenters. The molecule has 1 aliphatic heterocycles. The van der Waals surface area contributed by atoms with E-state index in [1.165, 1.54) is 19.3 Å². The lowest BCUT2D eigenvalue weighted by Gasteiger charge is -2.72. The van der Waals surface area contributed by atoms with Crippen LogP contribution in [0, 0.1) is 23.2 Å². The van der Waals surface area contributed by atoms with Crippen LogP contribution in [0.25, 0.3) is 0 Å². The van der Waals surface area contributed by atoms with Crippen molar-refractivity contribution in [3.05, 3.63) is 0 Å². The Labute approximate surface area is 159 Å². The molecule has 1 heterocycles. The maximum atomic E-state index is 15.1. The summed E-state index contributed by atoms with van der Waals surface area (Å²) in [7, 11) is -3.85. The summed E-state index contributed by atoms with van der Waals surface area (Å²) in [5.41, 5.74) is 1.36. The molecule has 148 valence electrons. The molecule has 2 aliphatic rings. The molecule has 0 radical (unpaired) electrons. The standard InChI is InChI=1S/C22H45OPSi/c1-15(2)18-13-12-17(5)14-19(18)24(23)20(25(10,11)16(3)4)21(6,7)22(24,8)9/h15-20H,12-14H2,1-11H3/t17-,18+,19-,20+,24+/m1/s1. The molecule has 1 saturated heterocycles. The average molecular weight is 385 g/mol. The molecule has 0 bridgehead atoms. The van der Waals surface area contributed by atoms with E-state index in [1.54, 1.807) is 0 Å². The summed E-state index contributed by atoms with van der Waals surface area (Å²) in [6.45, 7) is 26.6. The normalized spacial score (nSPS) is 41.0. The Bertz CT molecular complexity index is 538. The maximum Gasteiger partial charge on any atom is 0.0977 e. The van der Waals surface area contributed by atoms with Crippen LogP contribution in [0.5, 0.6) is 0 Å². The van der Waals surface area contributed by atoms with Crippen LogP contribution in [0.1, 0.15) is 81.6 Å². The van der Waals surface area contributed by atoms with Gasteiger partial charge in [-0.3, -0.25) is 0 Å². The molecule has 0 spiro atoms. The van der Waals surface area contributed by atoms with Crippen molar-refractivity contribution in [1.29, 1.82) is 0 Å². The van der Waals surface area contributed by atoms with E-state index in [0.29, 0.717) is 28.3 Å². The molecule has 1 nitrogen and oxygen atoms in total. The number of hydrogen-bond donors (Lipinski definition) is 0. The fourth-order valence-electron chi connectivity index (χ4n) is 6.46. The highest BCUT2D eigenvalue weighted by Gasteiger charge is 2.75. The summed E-state index contributed by atoms with van der Waals surface area (Å²) in [4.78, 5) is 0. The van der Waals surface area contributed by atoms with Gasteiger partial charge in [-0.15, -0.1) is 0 Å². The Balaban J connectivity index is 2.59. The number of hydrogen-bond acceptors (Lipinski definition) is 1. The van der Waals surface area contributed by atoms with Crippen LogP contribution in [0.2, 0.25) is 18.6 Å². The first-order chi connectivity index (χ1) is 11.1. The van der Waals surface area contributed by atoms with E-state index < -0.39 is 15.2 Å². The van der Waals surface area contributed by atoms with Gasteiger partial charge in [0.1, 0.15) is 0 Å². The highest BCUT2D eigenvalue weighted by atomic mass is 31.2. The van der Waals surface area contributed by atoms with Gasteiger partial charge in [0.25, 0.3) is 0 Å². The summed E-state index contributed by atoms with van der Waals surface area (Å²) < 4.78 is 15.1. The maximum absolute atomic E-state index is 15.1. The van der Waals surface area contributed by atoms with E-state index in [0.717, 1.165) is 5.92 Å². The number of rotatable bonds is 4. The summed E-state index contributed by atoms with van der Waals surface area (Å²) in [5, 5.41) is 0.470. The van der Waals surface area contributed by atoms with Crippen molar-refractivity contribution in [2.24, 2.45) is 23.2 Å². The second-order valence-electron chi connectivity index (χ2n) is 11.8. The molecule has 25 heavy (non-hydrogen) atoms. The Hall–Kier alpha value is 0.447. The Kier molecular flexibility index (Phi) is 5.66. The average Bonchev–Trinajstić information content (AvgIpc) is 2.45. The van der Waals surface area contributed by atoms with Crippen molar-refractivity contribution in [2.75, 3.05) is 0 Å². The minimum atomic E-state index is -2.26. The fourth-order valence-corrected chi connectivity index (χ4v) is 21.5. The van der Waals surface area contributed by atoms with Crippen molar-refractivity contribution in [3.63, 3.8) is 0 Å². The Morgan fingerprint density at radius 1 is 1.00 bits per heavy atom. The van der Waals surface area contributed by atoms with Gasteiger partial charge in [0, 0.05) is 16.1 Å². The van der Waals surface area contributed by atoms with Crippen LogP contribution in [0.4, 0.5) is 0 Å². The van der Waals surface area contributed by atoms with E-state index in [-0.39, 0.29) is 10.6 Å². The highest BCUT2D eigenvalue weighted by Crippen LogP contribution is 2.87. The van der Waals surface area contributed by atoms with Crippen LogP contribution in [-0.2, 0) is 4.57 Å². The monoisotopic (exact) mass is 384 g/mol. The predicted octanol–water partition coefficient (Wildman–Crippen LogP) is 7.65. The molecule has 3 heteroatoms. The van der Waals surface area contributed by atoms with Crippen LogP contribution in [0.15, 0.2) is 0 Å². The van der Waals surface area contributed by atoms with Gasteiger partial charge in [0.2, 0.25) is 0 Å². The summed E-state index contributed by atoms with van der Waals surface area (Å²) >= 11 is 0. The van der Waals surface area contributed by atoms with Crippen molar-refractivity contribution in [2.45, 2.75) is 116 Å². The van der Waals surface area contributed by atoms with E-state index in [9.17, 15) is 0 Å². The molecule has 2 fully saturated rings. The van der Waals surface area contributed by atoms with Crippen molar-refractivity contribution in [1.82, 2.24) is 0 Å². The van der Waals surface area contributed by atoms with Gasteiger partial charge in [0.15, 0.2) is 0 Å². The molecule has 0 aromatic carbocycles. The van der Waals surface area contributed by atoms with Crippen LogP contribution in [0.3, 0.4) is 0 Å². The van der Waals surface area contributed by atoms with Gasteiger partial charge in [-0.1, -0.05) is 87.4 Å². The Morgan fingerprint density at radius 2 is 1.52 bits per heavy atom. The molecule has 0 unspecified atom stereocenters. The smallest absolute Gasteiger partial charge is 0.0977 e. The van der Waals surface area contributed by atoms with Gasteiger partial charge in [-0.25, -0.2) is 0 Å². The fraction of sp³-hybridized carbons (Fsp3) is 1.00. The first-order valence-electron chi connectivity index (χ1n) is 10.7. The lowest BCUT2D eigenvalue weighted by molar-refractivity contribution is 0.186. The van der Waals surface area contributed by atoms with E-state index >= 15 is 4.57 Å². The van der Waals surface area contributed by atoms with Gasteiger partial charge in [-0.05, 0) is 36.0 Å². The molecule has 1 saturated carbocycles. The van der Waals surface area contributed by atoms with Crippen LogP contribution < -0.4 is 0 Å². The van der Waals surface area contributed by atoms with E-state index in [2.05, 4.69) is 75.4 Å². The summed E-state index contributed by atoms with van der Waals surface area (Å²) in [5.74, 6) is 2.07. The predicted molar refractivity (Wildman–Crippen MR) is 117 cm³/mol. The van der Waals surface area contributed by atoms with Crippen LogP contribution in [-0.4, -0.2) is 24.2 Å². The highest BCUT2D eigenvalue weighted by molar-refractivity contribution is 7.71. The third kappa shape index (κ3) is 2.88. The largest absolute Gasteiger partial charge is 0.323 e. The third-order valence-corrected chi connectivity index (χ3v) is 22.8. The molecule has 0 aromatic rings. The topological polar surface area (TPSA) is 17.1 Å². The molecule has 2 rings (SSSR count). The molecule has 0 aromatic heterocycles. The van der Waals surface area contributed by atoms with Gasteiger partial charge < -0.3 is 4.57 Å².